The molecule has 4 rings (SSSR count). The largest absolute Gasteiger partial charge is 0.347 e. The molecule has 3 fully saturated rings. The molecule has 3 aliphatic heterocycles. The fraction of sp³-hybridized carbons (Fsp3) is 0.579. The van der Waals surface area contributed by atoms with Crippen molar-refractivity contribution < 1.29 is 19.1 Å². The van der Waals surface area contributed by atoms with Crippen molar-refractivity contribution in [3.8, 4) is 0 Å². The third-order valence-electron chi connectivity index (χ3n) is 5.55. The highest BCUT2D eigenvalue weighted by Crippen LogP contribution is 2.35. The van der Waals surface area contributed by atoms with Crippen LogP contribution >= 0.6 is 0 Å². The van der Waals surface area contributed by atoms with Crippen LogP contribution in [0.15, 0.2) is 24.3 Å². The third-order valence-corrected chi connectivity index (χ3v) is 5.55. The van der Waals surface area contributed by atoms with E-state index in [0.29, 0.717) is 26.3 Å². The molecule has 3 heterocycles. The Kier molecular flexibility index (Phi) is 4.35. The predicted molar refractivity (Wildman–Crippen MR) is 92.2 cm³/mol. The number of hydrogen-bond acceptors (Lipinski definition) is 5. The van der Waals surface area contributed by atoms with E-state index in [2.05, 4.69) is 4.90 Å². The quantitative estimate of drug-likeness (QED) is 0.782. The van der Waals surface area contributed by atoms with E-state index in [9.17, 15) is 9.59 Å². The van der Waals surface area contributed by atoms with Crippen molar-refractivity contribution in [2.75, 3.05) is 31.2 Å². The second-order valence-electron chi connectivity index (χ2n) is 6.91. The smallest absolute Gasteiger partial charge is 0.251 e. The van der Waals surface area contributed by atoms with Crippen LogP contribution in [0, 0.1) is 0 Å². The minimum Gasteiger partial charge on any atom is -0.347 e. The average Bonchev–Trinajstić information content (AvgIpc) is 3.20. The number of para-hydroxylation sites is 1. The number of hydrogen-bond donors (Lipinski definition) is 0. The topological polar surface area (TPSA) is 59.1 Å². The molecular formula is C19H24N2O4. The van der Waals surface area contributed by atoms with E-state index in [4.69, 9.17) is 9.47 Å². The Morgan fingerprint density at radius 2 is 1.80 bits per heavy atom. The van der Waals surface area contributed by atoms with Gasteiger partial charge in [-0.05, 0) is 18.1 Å². The number of nitrogens with zero attached hydrogens (tertiary/aromatic N) is 2. The molecule has 0 unspecified atom stereocenters. The fourth-order valence-corrected chi connectivity index (χ4v) is 4.14. The van der Waals surface area contributed by atoms with Crippen LogP contribution < -0.4 is 4.90 Å². The SMILES string of the molecule is CCc1ccccc1N1C(=O)C[C@H](N2CCC3(CC2)OCCO3)C1=O. The lowest BCUT2D eigenvalue weighted by atomic mass is 10.0. The highest BCUT2D eigenvalue weighted by atomic mass is 16.7. The summed E-state index contributed by atoms with van der Waals surface area (Å²) in [7, 11) is 0. The van der Waals surface area contributed by atoms with Gasteiger partial charge in [-0.3, -0.25) is 14.5 Å². The van der Waals surface area contributed by atoms with Crippen LogP contribution in [-0.2, 0) is 25.5 Å². The lowest BCUT2D eigenvalue weighted by molar-refractivity contribution is -0.188. The molecular weight excluding hydrogens is 320 g/mol. The molecule has 1 atom stereocenters. The first-order valence-electron chi connectivity index (χ1n) is 9.10. The maximum absolute atomic E-state index is 13.0. The molecule has 0 saturated carbocycles. The van der Waals surface area contributed by atoms with Crippen LogP contribution in [0.4, 0.5) is 5.69 Å². The van der Waals surface area contributed by atoms with Crippen LogP contribution in [0.5, 0.6) is 0 Å². The van der Waals surface area contributed by atoms with Gasteiger partial charge in [-0.2, -0.15) is 0 Å². The minimum atomic E-state index is -0.462. The summed E-state index contributed by atoms with van der Waals surface area (Å²) in [4.78, 5) is 29.1. The zero-order valence-corrected chi connectivity index (χ0v) is 14.6. The van der Waals surface area contributed by atoms with Gasteiger partial charge in [0.1, 0.15) is 0 Å². The number of rotatable bonds is 3. The number of carbonyl (C=O) groups is 2. The van der Waals surface area contributed by atoms with Gasteiger partial charge in [-0.1, -0.05) is 25.1 Å². The normalized spacial score (nSPS) is 26.8. The summed E-state index contributed by atoms with van der Waals surface area (Å²) in [6, 6.07) is 7.29. The summed E-state index contributed by atoms with van der Waals surface area (Å²) in [5.74, 6) is -0.670. The van der Waals surface area contributed by atoms with Gasteiger partial charge in [-0.15, -0.1) is 0 Å². The van der Waals surface area contributed by atoms with Crippen LogP contribution in [-0.4, -0.2) is 54.8 Å². The molecule has 0 aliphatic carbocycles. The predicted octanol–water partition coefficient (Wildman–Crippen LogP) is 1.72. The average molecular weight is 344 g/mol. The van der Waals surface area contributed by atoms with Gasteiger partial charge < -0.3 is 9.47 Å². The summed E-state index contributed by atoms with van der Waals surface area (Å²) in [5.41, 5.74) is 1.76. The fourth-order valence-electron chi connectivity index (χ4n) is 4.14. The molecule has 6 nitrogen and oxygen atoms in total. The van der Waals surface area contributed by atoms with Gasteiger partial charge >= 0.3 is 0 Å². The highest BCUT2D eigenvalue weighted by molar-refractivity contribution is 6.22. The maximum Gasteiger partial charge on any atom is 0.251 e. The first-order chi connectivity index (χ1) is 12.1. The van der Waals surface area contributed by atoms with Gasteiger partial charge in [0, 0.05) is 25.9 Å². The van der Waals surface area contributed by atoms with Crippen molar-refractivity contribution in [3.63, 3.8) is 0 Å². The van der Waals surface area contributed by atoms with E-state index in [1.165, 1.54) is 4.90 Å². The first-order valence-corrected chi connectivity index (χ1v) is 9.10. The molecule has 1 aromatic rings. The number of piperidine rings is 1. The monoisotopic (exact) mass is 344 g/mol. The number of benzene rings is 1. The van der Waals surface area contributed by atoms with Crippen molar-refractivity contribution >= 4 is 17.5 Å². The number of amides is 2. The van der Waals surface area contributed by atoms with E-state index in [1.807, 2.05) is 31.2 Å². The van der Waals surface area contributed by atoms with Crippen LogP contribution in [0.25, 0.3) is 0 Å². The van der Waals surface area contributed by atoms with Gasteiger partial charge in [0.15, 0.2) is 5.79 Å². The molecule has 1 aromatic carbocycles. The summed E-state index contributed by atoms with van der Waals surface area (Å²) in [6.07, 6.45) is 2.54. The highest BCUT2D eigenvalue weighted by Gasteiger charge is 2.47. The Morgan fingerprint density at radius 3 is 2.48 bits per heavy atom. The summed E-state index contributed by atoms with van der Waals surface area (Å²) < 4.78 is 11.5. The van der Waals surface area contributed by atoms with Crippen LogP contribution in [0.2, 0.25) is 0 Å². The molecule has 0 aromatic heterocycles. The van der Waals surface area contributed by atoms with Crippen molar-refractivity contribution in [2.24, 2.45) is 0 Å². The van der Waals surface area contributed by atoms with Gasteiger partial charge in [0.05, 0.1) is 31.4 Å². The van der Waals surface area contributed by atoms with Gasteiger partial charge in [0.2, 0.25) is 5.91 Å². The zero-order valence-electron chi connectivity index (χ0n) is 14.6. The van der Waals surface area contributed by atoms with Gasteiger partial charge in [0.25, 0.3) is 5.91 Å². The number of carbonyl (C=O) groups excluding carboxylic acids is 2. The zero-order chi connectivity index (χ0) is 17.4. The standard InChI is InChI=1S/C19H24N2O4/c1-2-14-5-3-4-6-15(14)21-17(22)13-16(18(21)23)20-9-7-19(8-10-20)24-11-12-25-19/h3-6,16H,2,7-13H2,1H3/t16-/m0/s1. The maximum atomic E-state index is 13.0. The summed E-state index contributed by atoms with van der Waals surface area (Å²) in [5, 5.41) is 0. The molecule has 6 heteroatoms. The lowest BCUT2D eigenvalue weighted by Crippen LogP contribution is -2.51. The van der Waals surface area contributed by atoms with Crippen LogP contribution in [0.1, 0.15) is 31.7 Å². The van der Waals surface area contributed by atoms with Crippen LogP contribution in [0.3, 0.4) is 0 Å². The van der Waals surface area contributed by atoms with Crippen molar-refractivity contribution in [1.82, 2.24) is 4.90 Å². The Labute approximate surface area is 147 Å². The van der Waals surface area contributed by atoms with E-state index < -0.39 is 5.79 Å². The van der Waals surface area contributed by atoms with Gasteiger partial charge in [-0.25, -0.2) is 4.90 Å². The van der Waals surface area contributed by atoms with E-state index in [1.54, 1.807) is 0 Å². The Morgan fingerprint density at radius 1 is 1.12 bits per heavy atom. The second kappa shape index (κ2) is 6.52. The molecule has 3 saturated heterocycles. The molecule has 0 bridgehead atoms. The number of imide groups is 1. The number of aryl methyl sites for hydroxylation is 1. The molecule has 2 amide bonds. The molecule has 25 heavy (non-hydrogen) atoms. The summed E-state index contributed by atoms with van der Waals surface area (Å²) in [6.45, 7) is 4.75. The molecule has 1 spiro atoms. The molecule has 134 valence electrons. The Balaban J connectivity index is 1.50. The number of likely N-dealkylation sites (tertiary alicyclic amines) is 1. The first kappa shape index (κ1) is 16.7. The molecule has 0 N–H and O–H groups in total. The number of anilines is 1. The Hall–Kier alpha value is -1.76. The Bertz CT molecular complexity index is 674. The number of ether oxygens (including phenoxy) is 2. The lowest BCUT2D eigenvalue weighted by Gasteiger charge is -2.39. The van der Waals surface area contributed by atoms with E-state index in [-0.39, 0.29) is 24.3 Å². The van der Waals surface area contributed by atoms with Crippen molar-refractivity contribution in [2.45, 2.75) is 44.4 Å². The second-order valence-corrected chi connectivity index (χ2v) is 6.91. The van der Waals surface area contributed by atoms with Crippen molar-refractivity contribution in [3.05, 3.63) is 29.8 Å². The molecule has 3 aliphatic rings. The minimum absolute atomic E-state index is 0.102. The molecule has 0 radical (unpaired) electrons. The summed E-state index contributed by atoms with van der Waals surface area (Å²) >= 11 is 0. The van der Waals surface area contributed by atoms with Crippen molar-refractivity contribution in [1.29, 1.82) is 0 Å². The third kappa shape index (κ3) is 2.88. The van der Waals surface area contributed by atoms with E-state index >= 15 is 0 Å². The van der Waals surface area contributed by atoms with E-state index in [0.717, 1.165) is 30.5 Å².